The summed E-state index contributed by atoms with van der Waals surface area (Å²) in [6, 6.07) is 4.91. The SMILES string of the molecule is Cc1c(N)nc(-c2cc(Cl)cc(Cl)c2)[nH]c1=O. The summed E-state index contributed by atoms with van der Waals surface area (Å²) in [6.45, 7) is 1.61. The molecule has 1 aromatic carbocycles. The smallest absolute Gasteiger partial charge is 0.256 e. The van der Waals surface area contributed by atoms with Gasteiger partial charge >= 0.3 is 0 Å². The number of aromatic nitrogens is 2. The number of H-pyrrole nitrogens is 1. The standard InChI is InChI=1S/C11H9Cl2N3O/c1-5-9(14)15-10(16-11(5)17)6-2-7(12)4-8(13)3-6/h2-4H,1H3,(H3,14,15,16,17). The molecule has 2 aromatic rings. The molecule has 0 bridgehead atoms. The van der Waals surface area contributed by atoms with Gasteiger partial charge in [0.15, 0.2) is 0 Å². The van der Waals surface area contributed by atoms with E-state index >= 15 is 0 Å². The molecule has 0 fully saturated rings. The molecule has 0 radical (unpaired) electrons. The molecule has 0 atom stereocenters. The lowest BCUT2D eigenvalue weighted by Gasteiger charge is -2.05. The Labute approximate surface area is 107 Å². The summed E-state index contributed by atoms with van der Waals surface area (Å²) in [5, 5.41) is 0.934. The lowest BCUT2D eigenvalue weighted by molar-refractivity contribution is 1.10. The first-order valence-corrected chi connectivity index (χ1v) is 5.56. The Hall–Kier alpha value is -1.52. The molecular weight excluding hydrogens is 261 g/mol. The zero-order chi connectivity index (χ0) is 12.6. The molecule has 0 spiro atoms. The molecule has 0 aliphatic rings. The minimum atomic E-state index is -0.274. The van der Waals surface area contributed by atoms with Crippen LogP contribution >= 0.6 is 23.2 Å². The van der Waals surface area contributed by atoms with Crippen molar-refractivity contribution in [1.82, 2.24) is 9.97 Å². The fourth-order valence-electron chi connectivity index (χ4n) is 1.38. The third-order valence-corrected chi connectivity index (χ3v) is 2.76. The van der Waals surface area contributed by atoms with Gasteiger partial charge in [-0.1, -0.05) is 23.2 Å². The topological polar surface area (TPSA) is 71.8 Å². The highest BCUT2D eigenvalue weighted by molar-refractivity contribution is 6.35. The zero-order valence-corrected chi connectivity index (χ0v) is 10.4. The van der Waals surface area contributed by atoms with Crippen LogP contribution < -0.4 is 11.3 Å². The van der Waals surface area contributed by atoms with E-state index in [4.69, 9.17) is 28.9 Å². The molecule has 3 N–H and O–H groups in total. The van der Waals surface area contributed by atoms with Crippen LogP contribution in [0.4, 0.5) is 5.82 Å². The molecule has 4 nitrogen and oxygen atoms in total. The van der Waals surface area contributed by atoms with E-state index in [2.05, 4.69) is 9.97 Å². The minimum absolute atomic E-state index is 0.194. The van der Waals surface area contributed by atoms with E-state index in [1.165, 1.54) is 0 Å². The lowest BCUT2D eigenvalue weighted by atomic mass is 10.2. The van der Waals surface area contributed by atoms with Crippen LogP contribution in [-0.2, 0) is 0 Å². The highest BCUT2D eigenvalue weighted by Gasteiger charge is 2.08. The summed E-state index contributed by atoms with van der Waals surface area (Å²) in [4.78, 5) is 18.3. The zero-order valence-electron chi connectivity index (χ0n) is 8.92. The molecule has 0 saturated heterocycles. The number of nitrogens with zero attached hydrogens (tertiary/aromatic N) is 1. The molecule has 17 heavy (non-hydrogen) atoms. The van der Waals surface area contributed by atoms with Crippen LogP contribution in [0.2, 0.25) is 10.0 Å². The van der Waals surface area contributed by atoms with E-state index < -0.39 is 0 Å². The fraction of sp³-hybridized carbons (Fsp3) is 0.0909. The number of nitrogen functional groups attached to an aromatic ring is 1. The number of hydrogen-bond donors (Lipinski definition) is 2. The molecule has 0 saturated carbocycles. The van der Waals surface area contributed by atoms with E-state index in [0.29, 0.717) is 27.0 Å². The quantitative estimate of drug-likeness (QED) is 0.836. The summed E-state index contributed by atoms with van der Waals surface area (Å²) in [7, 11) is 0. The van der Waals surface area contributed by atoms with Gasteiger partial charge in [0.25, 0.3) is 5.56 Å². The van der Waals surface area contributed by atoms with Crippen molar-refractivity contribution in [2.24, 2.45) is 0 Å². The Morgan fingerprint density at radius 2 is 1.82 bits per heavy atom. The molecule has 0 aliphatic heterocycles. The van der Waals surface area contributed by atoms with Crippen molar-refractivity contribution < 1.29 is 0 Å². The number of aromatic amines is 1. The van der Waals surface area contributed by atoms with E-state index in [1.54, 1.807) is 25.1 Å². The summed E-state index contributed by atoms with van der Waals surface area (Å²) < 4.78 is 0. The van der Waals surface area contributed by atoms with Gasteiger partial charge in [0.1, 0.15) is 11.6 Å². The molecule has 88 valence electrons. The van der Waals surface area contributed by atoms with Gasteiger partial charge < -0.3 is 10.7 Å². The van der Waals surface area contributed by atoms with Crippen molar-refractivity contribution in [2.45, 2.75) is 6.92 Å². The van der Waals surface area contributed by atoms with E-state index in [-0.39, 0.29) is 11.4 Å². The lowest BCUT2D eigenvalue weighted by Crippen LogP contribution is -2.15. The average molecular weight is 270 g/mol. The second kappa shape index (κ2) is 4.39. The van der Waals surface area contributed by atoms with Gasteiger partial charge in [0, 0.05) is 15.6 Å². The Morgan fingerprint density at radius 1 is 1.24 bits per heavy atom. The Kier molecular flexibility index (Phi) is 3.09. The molecule has 0 amide bonds. The summed E-state index contributed by atoms with van der Waals surface area (Å²) in [5.41, 5.74) is 6.37. The highest BCUT2D eigenvalue weighted by Crippen LogP contribution is 2.24. The molecule has 6 heteroatoms. The first-order valence-electron chi connectivity index (χ1n) is 4.80. The average Bonchev–Trinajstić information content (AvgIpc) is 2.23. The van der Waals surface area contributed by atoms with Crippen LogP contribution in [0.25, 0.3) is 11.4 Å². The Morgan fingerprint density at radius 3 is 2.35 bits per heavy atom. The summed E-state index contributed by atoms with van der Waals surface area (Å²) >= 11 is 11.8. The number of benzene rings is 1. The van der Waals surface area contributed by atoms with E-state index in [9.17, 15) is 4.79 Å². The van der Waals surface area contributed by atoms with Crippen LogP contribution in [-0.4, -0.2) is 9.97 Å². The number of nitrogens with two attached hydrogens (primary N) is 1. The molecule has 1 aromatic heterocycles. The van der Waals surface area contributed by atoms with Crippen molar-refractivity contribution in [3.8, 4) is 11.4 Å². The maximum atomic E-state index is 11.6. The van der Waals surface area contributed by atoms with Crippen molar-refractivity contribution in [3.05, 3.63) is 44.2 Å². The monoisotopic (exact) mass is 269 g/mol. The van der Waals surface area contributed by atoms with Gasteiger partial charge in [0.2, 0.25) is 0 Å². The van der Waals surface area contributed by atoms with Crippen LogP contribution in [0, 0.1) is 6.92 Å². The van der Waals surface area contributed by atoms with Crippen LogP contribution in [0.3, 0.4) is 0 Å². The van der Waals surface area contributed by atoms with E-state index in [0.717, 1.165) is 0 Å². The number of anilines is 1. The van der Waals surface area contributed by atoms with Crippen LogP contribution in [0.15, 0.2) is 23.0 Å². The van der Waals surface area contributed by atoms with Crippen molar-refractivity contribution in [1.29, 1.82) is 0 Å². The first-order chi connectivity index (χ1) is 7.97. The normalized spacial score (nSPS) is 10.5. The van der Waals surface area contributed by atoms with E-state index in [1.807, 2.05) is 0 Å². The molecule has 0 aliphatic carbocycles. The summed E-state index contributed by atoms with van der Waals surface area (Å²) in [5.74, 6) is 0.544. The second-order valence-electron chi connectivity index (χ2n) is 3.58. The molecular formula is C11H9Cl2N3O. The van der Waals surface area contributed by atoms with Gasteiger partial charge in [-0.25, -0.2) is 4.98 Å². The number of nitrogens with one attached hydrogen (secondary N) is 1. The predicted molar refractivity (Wildman–Crippen MR) is 69.5 cm³/mol. The summed E-state index contributed by atoms with van der Waals surface area (Å²) in [6.07, 6.45) is 0. The Balaban J connectivity index is 2.65. The third kappa shape index (κ3) is 2.43. The van der Waals surface area contributed by atoms with Crippen molar-refractivity contribution in [2.75, 3.05) is 5.73 Å². The van der Waals surface area contributed by atoms with Gasteiger partial charge in [0.05, 0.1) is 5.56 Å². The van der Waals surface area contributed by atoms with Crippen LogP contribution in [0.1, 0.15) is 5.56 Å². The van der Waals surface area contributed by atoms with Gasteiger partial charge in [-0.3, -0.25) is 4.79 Å². The fourth-order valence-corrected chi connectivity index (χ4v) is 1.90. The number of halogens is 2. The second-order valence-corrected chi connectivity index (χ2v) is 4.46. The first kappa shape index (κ1) is 12.0. The van der Waals surface area contributed by atoms with Crippen LogP contribution in [0.5, 0.6) is 0 Å². The highest BCUT2D eigenvalue weighted by atomic mass is 35.5. The minimum Gasteiger partial charge on any atom is -0.383 e. The maximum Gasteiger partial charge on any atom is 0.256 e. The Bertz CT molecular complexity index is 617. The molecule has 0 unspecified atom stereocenters. The third-order valence-electron chi connectivity index (χ3n) is 2.32. The molecule has 2 rings (SSSR count). The van der Waals surface area contributed by atoms with Gasteiger partial charge in [-0.05, 0) is 25.1 Å². The number of hydrogen-bond acceptors (Lipinski definition) is 3. The largest absolute Gasteiger partial charge is 0.383 e. The van der Waals surface area contributed by atoms with Gasteiger partial charge in [-0.15, -0.1) is 0 Å². The van der Waals surface area contributed by atoms with Gasteiger partial charge in [-0.2, -0.15) is 0 Å². The van der Waals surface area contributed by atoms with Crippen molar-refractivity contribution in [3.63, 3.8) is 0 Å². The van der Waals surface area contributed by atoms with Crippen molar-refractivity contribution >= 4 is 29.0 Å². The maximum absolute atomic E-state index is 11.6. The number of rotatable bonds is 1. The molecule has 1 heterocycles. The predicted octanol–water partition coefficient (Wildman–Crippen LogP) is 2.63.